The maximum absolute atomic E-state index is 4.51. The van der Waals surface area contributed by atoms with Crippen LogP contribution in [0.15, 0.2) is 28.7 Å². The Hall–Kier alpha value is -1.27. The number of halogens is 1. The van der Waals surface area contributed by atoms with Crippen LogP contribution in [0.3, 0.4) is 0 Å². The summed E-state index contributed by atoms with van der Waals surface area (Å²) in [5.41, 5.74) is 1.18. The molecule has 0 aliphatic carbocycles. The van der Waals surface area contributed by atoms with Crippen molar-refractivity contribution < 1.29 is 0 Å². The molecule has 1 saturated heterocycles. The van der Waals surface area contributed by atoms with Crippen molar-refractivity contribution in [3.63, 3.8) is 0 Å². The molecule has 19 heavy (non-hydrogen) atoms. The Bertz CT molecular complexity index is 530. The van der Waals surface area contributed by atoms with Crippen molar-refractivity contribution in [1.29, 1.82) is 0 Å². The Balaban J connectivity index is 1.68. The molecular formula is C13H16BrN5. The molecule has 100 valence electrons. The van der Waals surface area contributed by atoms with Gasteiger partial charge in [-0.1, -0.05) is 28.1 Å². The highest BCUT2D eigenvalue weighted by molar-refractivity contribution is 9.10. The smallest absolute Gasteiger partial charge is 0.177 e. The molecule has 0 amide bonds. The fourth-order valence-electron chi connectivity index (χ4n) is 2.32. The molecule has 2 aromatic rings. The van der Waals surface area contributed by atoms with Gasteiger partial charge in [-0.2, -0.15) is 4.80 Å². The van der Waals surface area contributed by atoms with Crippen molar-refractivity contribution in [2.24, 2.45) is 0 Å². The van der Waals surface area contributed by atoms with E-state index >= 15 is 0 Å². The third-order valence-corrected chi connectivity index (χ3v) is 3.94. The topological polar surface area (TPSA) is 55.6 Å². The Kier molecular flexibility index (Phi) is 3.89. The van der Waals surface area contributed by atoms with Crippen LogP contribution in [-0.4, -0.2) is 33.3 Å². The minimum absolute atomic E-state index is 0.458. The van der Waals surface area contributed by atoms with Gasteiger partial charge in [-0.25, -0.2) is 0 Å². The van der Waals surface area contributed by atoms with Gasteiger partial charge in [0.25, 0.3) is 0 Å². The number of hydrogen-bond donors (Lipinski definition) is 1. The summed E-state index contributed by atoms with van der Waals surface area (Å²) in [5.74, 6) is 1.35. The zero-order valence-electron chi connectivity index (χ0n) is 10.6. The number of benzene rings is 1. The van der Waals surface area contributed by atoms with Gasteiger partial charge < -0.3 is 5.32 Å². The average Bonchev–Trinajstić information content (AvgIpc) is 2.91. The molecule has 0 radical (unpaired) electrons. The SMILES string of the molecule is Brc1ccc(Cn2nnc(C3CCNCC3)n2)cc1. The quantitative estimate of drug-likeness (QED) is 0.938. The van der Waals surface area contributed by atoms with Crippen LogP contribution in [0.25, 0.3) is 0 Å². The normalized spacial score (nSPS) is 16.7. The van der Waals surface area contributed by atoms with E-state index in [0.717, 1.165) is 36.2 Å². The summed E-state index contributed by atoms with van der Waals surface area (Å²) in [6.07, 6.45) is 2.20. The van der Waals surface area contributed by atoms with Crippen LogP contribution in [0.2, 0.25) is 0 Å². The van der Waals surface area contributed by atoms with E-state index in [4.69, 9.17) is 0 Å². The second-order valence-electron chi connectivity index (χ2n) is 4.83. The van der Waals surface area contributed by atoms with E-state index in [9.17, 15) is 0 Å². The second kappa shape index (κ2) is 5.79. The highest BCUT2D eigenvalue weighted by atomic mass is 79.9. The van der Waals surface area contributed by atoms with Gasteiger partial charge in [0.2, 0.25) is 0 Å². The first kappa shape index (κ1) is 12.7. The largest absolute Gasteiger partial charge is 0.317 e. The zero-order valence-corrected chi connectivity index (χ0v) is 12.2. The van der Waals surface area contributed by atoms with E-state index in [1.54, 1.807) is 4.80 Å². The van der Waals surface area contributed by atoms with Gasteiger partial charge in [0, 0.05) is 10.4 Å². The lowest BCUT2D eigenvalue weighted by atomic mass is 9.98. The number of nitrogens with zero attached hydrogens (tertiary/aromatic N) is 4. The molecule has 0 saturated carbocycles. The van der Waals surface area contributed by atoms with Crippen LogP contribution in [-0.2, 0) is 6.54 Å². The molecule has 1 aliphatic rings. The van der Waals surface area contributed by atoms with Crippen LogP contribution < -0.4 is 5.32 Å². The first-order valence-electron chi connectivity index (χ1n) is 6.54. The van der Waals surface area contributed by atoms with E-state index < -0.39 is 0 Å². The zero-order chi connectivity index (χ0) is 13.1. The van der Waals surface area contributed by atoms with Crippen molar-refractivity contribution >= 4 is 15.9 Å². The van der Waals surface area contributed by atoms with E-state index in [2.05, 4.69) is 48.8 Å². The van der Waals surface area contributed by atoms with E-state index in [1.807, 2.05) is 12.1 Å². The molecule has 1 aliphatic heterocycles. The molecule has 2 heterocycles. The first-order chi connectivity index (χ1) is 9.31. The van der Waals surface area contributed by atoms with Crippen LogP contribution >= 0.6 is 15.9 Å². The molecule has 1 fully saturated rings. The highest BCUT2D eigenvalue weighted by Gasteiger charge is 2.19. The Morgan fingerprint density at radius 2 is 1.95 bits per heavy atom. The van der Waals surface area contributed by atoms with Crippen molar-refractivity contribution in [2.75, 3.05) is 13.1 Å². The number of nitrogens with one attached hydrogen (secondary N) is 1. The molecule has 1 aromatic heterocycles. The van der Waals surface area contributed by atoms with Gasteiger partial charge in [-0.05, 0) is 48.8 Å². The fraction of sp³-hybridized carbons (Fsp3) is 0.462. The minimum atomic E-state index is 0.458. The van der Waals surface area contributed by atoms with Gasteiger partial charge in [0.05, 0.1) is 6.54 Å². The highest BCUT2D eigenvalue weighted by Crippen LogP contribution is 2.21. The summed E-state index contributed by atoms with van der Waals surface area (Å²) >= 11 is 3.43. The van der Waals surface area contributed by atoms with Gasteiger partial charge in [0.1, 0.15) is 0 Å². The molecule has 0 atom stereocenters. The van der Waals surface area contributed by atoms with Crippen molar-refractivity contribution in [2.45, 2.75) is 25.3 Å². The first-order valence-corrected chi connectivity index (χ1v) is 7.33. The van der Waals surface area contributed by atoms with E-state index in [0.29, 0.717) is 12.5 Å². The van der Waals surface area contributed by atoms with Gasteiger partial charge in [0.15, 0.2) is 5.82 Å². The average molecular weight is 322 g/mol. The molecule has 1 N–H and O–H groups in total. The van der Waals surface area contributed by atoms with E-state index in [-0.39, 0.29) is 0 Å². The van der Waals surface area contributed by atoms with Crippen LogP contribution in [0, 0.1) is 0 Å². The number of rotatable bonds is 3. The molecule has 0 bridgehead atoms. The van der Waals surface area contributed by atoms with Crippen molar-refractivity contribution in [3.05, 3.63) is 40.1 Å². The summed E-state index contributed by atoms with van der Waals surface area (Å²) in [4.78, 5) is 1.68. The third-order valence-electron chi connectivity index (χ3n) is 3.41. The summed E-state index contributed by atoms with van der Waals surface area (Å²) in [5, 5.41) is 16.2. The maximum Gasteiger partial charge on any atom is 0.177 e. The molecular weight excluding hydrogens is 306 g/mol. The number of aromatic nitrogens is 4. The summed E-state index contributed by atoms with van der Waals surface area (Å²) in [7, 11) is 0. The van der Waals surface area contributed by atoms with Crippen LogP contribution in [0.5, 0.6) is 0 Å². The predicted octanol–water partition coefficient (Wildman–Crippen LogP) is 1.95. The van der Waals surface area contributed by atoms with Gasteiger partial charge in [-0.15, -0.1) is 10.2 Å². The maximum atomic E-state index is 4.51. The predicted molar refractivity (Wildman–Crippen MR) is 75.9 cm³/mol. The standard InChI is InChI=1S/C13H16BrN5/c14-12-3-1-10(2-4-12)9-19-17-13(16-18-19)11-5-7-15-8-6-11/h1-4,11,15H,5-9H2. The van der Waals surface area contributed by atoms with E-state index in [1.165, 1.54) is 5.56 Å². The second-order valence-corrected chi connectivity index (χ2v) is 5.74. The Morgan fingerprint density at radius 1 is 1.21 bits per heavy atom. The van der Waals surface area contributed by atoms with Crippen molar-refractivity contribution in [3.8, 4) is 0 Å². The molecule has 0 spiro atoms. The summed E-state index contributed by atoms with van der Waals surface area (Å²) in [6.45, 7) is 2.77. The minimum Gasteiger partial charge on any atom is -0.317 e. The van der Waals surface area contributed by atoms with Crippen LogP contribution in [0.1, 0.15) is 30.1 Å². The fourth-order valence-corrected chi connectivity index (χ4v) is 2.58. The van der Waals surface area contributed by atoms with Gasteiger partial charge >= 0.3 is 0 Å². The molecule has 0 unspecified atom stereocenters. The Morgan fingerprint density at radius 3 is 2.68 bits per heavy atom. The van der Waals surface area contributed by atoms with Crippen molar-refractivity contribution in [1.82, 2.24) is 25.5 Å². The molecule has 3 rings (SSSR count). The number of piperidine rings is 1. The Labute approximate surface area is 120 Å². The molecule has 5 nitrogen and oxygen atoms in total. The number of tetrazole rings is 1. The lowest BCUT2D eigenvalue weighted by molar-refractivity contribution is 0.442. The van der Waals surface area contributed by atoms with Crippen LogP contribution in [0.4, 0.5) is 0 Å². The number of hydrogen-bond acceptors (Lipinski definition) is 4. The summed E-state index contributed by atoms with van der Waals surface area (Å²) in [6, 6.07) is 8.19. The lowest BCUT2D eigenvalue weighted by Crippen LogP contribution is -2.27. The molecule has 6 heteroatoms. The third kappa shape index (κ3) is 3.19. The van der Waals surface area contributed by atoms with Gasteiger partial charge in [-0.3, -0.25) is 0 Å². The summed E-state index contributed by atoms with van der Waals surface area (Å²) < 4.78 is 1.08. The molecule has 1 aromatic carbocycles. The monoisotopic (exact) mass is 321 g/mol. The lowest BCUT2D eigenvalue weighted by Gasteiger charge is -2.19.